The summed E-state index contributed by atoms with van der Waals surface area (Å²) in [5, 5.41) is 0. The van der Waals surface area contributed by atoms with Crippen molar-refractivity contribution < 1.29 is 9.53 Å². The smallest absolute Gasteiger partial charge is 0.320 e. The second-order valence-corrected chi connectivity index (χ2v) is 4.76. The van der Waals surface area contributed by atoms with Gasteiger partial charge in [-0.3, -0.25) is 0 Å². The van der Waals surface area contributed by atoms with Gasteiger partial charge in [-0.1, -0.05) is 6.92 Å². The van der Waals surface area contributed by atoms with Crippen molar-refractivity contribution in [3.63, 3.8) is 0 Å². The standard InChI is InChI=1S/C11H21N3O2/c1-9-8-14(3-2-10(9)12)11(15)13-4-6-16-7-5-13/h9-10H,2-8,12H2,1H3. The molecule has 2 atom stereocenters. The first-order valence-electron chi connectivity index (χ1n) is 6.05. The van der Waals surface area contributed by atoms with Crippen LogP contribution in [0.15, 0.2) is 0 Å². The minimum Gasteiger partial charge on any atom is -0.378 e. The molecule has 92 valence electrons. The zero-order valence-electron chi connectivity index (χ0n) is 9.89. The molecule has 2 saturated heterocycles. The van der Waals surface area contributed by atoms with Crippen LogP contribution in [-0.4, -0.2) is 61.3 Å². The summed E-state index contributed by atoms with van der Waals surface area (Å²) in [6, 6.07) is 0.399. The Labute approximate surface area is 96.5 Å². The largest absolute Gasteiger partial charge is 0.378 e. The molecule has 16 heavy (non-hydrogen) atoms. The van der Waals surface area contributed by atoms with Crippen molar-refractivity contribution in [3.05, 3.63) is 0 Å². The van der Waals surface area contributed by atoms with Crippen LogP contribution in [0, 0.1) is 5.92 Å². The lowest BCUT2D eigenvalue weighted by Crippen LogP contribution is -2.54. The molecule has 5 heteroatoms. The number of morpholine rings is 1. The Morgan fingerprint density at radius 1 is 1.25 bits per heavy atom. The van der Waals surface area contributed by atoms with Gasteiger partial charge in [-0.2, -0.15) is 0 Å². The van der Waals surface area contributed by atoms with Crippen molar-refractivity contribution in [3.8, 4) is 0 Å². The first kappa shape index (κ1) is 11.7. The number of hydrogen-bond acceptors (Lipinski definition) is 3. The van der Waals surface area contributed by atoms with Crippen molar-refractivity contribution in [1.29, 1.82) is 0 Å². The molecule has 0 spiro atoms. The predicted octanol–water partition coefficient (Wildman–Crippen LogP) is 0.108. The van der Waals surface area contributed by atoms with Crippen molar-refractivity contribution in [1.82, 2.24) is 9.80 Å². The summed E-state index contributed by atoms with van der Waals surface area (Å²) in [5.74, 6) is 0.402. The molecule has 2 rings (SSSR count). The fourth-order valence-electron chi connectivity index (χ4n) is 2.29. The van der Waals surface area contributed by atoms with Crippen LogP contribution >= 0.6 is 0 Å². The van der Waals surface area contributed by atoms with Gasteiger partial charge in [-0.15, -0.1) is 0 Å². The quantitative estimate of drug-likeness (QED) is 0.639. The molecule has 2 amide bonds. The Kier molecular flexibility index (Phi) is 3.66. The van der Waals surface area contributed by atoms with E-state index in [-0.39, 0.29) is 12.1 Å². The summed E-state index contributed by atoms with van der Waals surface area (Å²) in [5.41, 5.74) is 5.95. The molecule has 0 aliphatic carbocycles. The number of piperidine rings is 1. The Morgan fingerprint density at radius 2 is 1.94 bits per heavy atom. The fourth-order valence-corrected chi connectivity index (χ4v) is 2.29. The van der Waals surface area contributed by atoms with Gasteiger partial charge in [-0.25, -0.2) is 4.79 Å². The second kappa shape index (κ2) is 5.01. The first-order chi connectivity index (χ1) is 7.68. The minimum absolute atomic E-state index is 0.155. The molecule has 5 nitrogen and oxygen atoms in total. The second-order valence-electron chi connectivity index (χ2n) is 4.76. The summed E-state index contributed by atoms with van der Waals surface area (Å²) in [7, 11) is 0. The van der Waals surface area contributed by atoms with Gasteiger partial charge in [0.15, 0.2) is 0 Å². The molecule has 2 fully saturated rings. The molecule has 0 aromatic heterocycles. The zero-order valence-corrected chi connectivity index (χ0v) is 9.89. The lowest BCUT2D eigenvalue weighted by molar-refractivity contribution is 0.0387. The number of nitrogens with zero attached hydrogens (tertiary/aromatic N) is 2. The third-order valence-corrected chi connectivity index (χ3v) is 3.52. The molecule has 2 heterocycles. The maximum atomic E-state index is 12.2. The van der Waals surface area contributed by atoms with Crippen LogP contribution in [0.3, 0.4) is 0 Å². The molecule has 2 aliphatic rings. The number of carbonyl (C=O) groups excluding carboxylic acids is 1. The molecular weight excluding hydrogens is 206 g/mol. The van der Waals surface area contributed by atoms with Crippen LogP contribution in [0.2, 0.25) is 0 Å². The third kappa shape index (κ3) is 2.47. The SMILES string of the molecule is CC1CN(C(=O)N2CCOCC2)CCC1N. The van der Waals surface area contributed by atoms with E-state index in [9.17, 15) is 4.79 Å². The average molecular weight is 227 g/mol. The molecule has 2 unspecified atom stereocenters. The molecule has 0 radical (unpaired) electrons. The molecule has 0 aromatic rings. The average Bonchev–Trinajstić information content (AvgIpc) is 2.33. The third-order valence-electron chi connectivity index (χ3n) is 3.52. The van der Waals surface area contributed by atoms with E-state index in [0.717, 1.165) is 32.6 Å². The van der Waals surface area contributed by atoms with E-state index in [2.05, 4.69) is 6.92 Å². The topological polar surface area (TPSA) is 58.8 Å². The number of amides is 2. The minimum atomic E-state index is 0.155. The number of hydrogen-bond donors (Lipinski definition) is 1. The van der Waals surface area contributed by atoms with Crippen LogP contribution in [0.25, 0.3) is 0 Å². The molecule has 0 aromatic carbocycles. The molecular formula is C11H21N3O2. The van der Waals surface area contributed by atoms with Gasteiger partial charge in [0.1, 0.15) is 0 Å². The Morgan fingerprint density at radius 3 is 2.56 bits per heavy atom. The molecule has 0 bridgehead atoms. The highest BCUT2D eigenvalue weighted by molar-refractivity contribution is 5.74. The van der Waals surface area contributed by atoms with Crippen LogP contribution in [0.1, 0.15) is 13.3 Å². The van der Waals surface area contributed by atoms with E-state index in [1.165, 1.54) is 0 Å². The van der Waals surface area contributed by atoms with Gasteiger partial charge in [0.2, 0.25) is 0 Å². The maximum Gasteiger partial charge on any atom is 0.320 e. The Hall–Kier alpha value is -0.810. The van der Waals surface area contributed by atoms with E-state index >= 15 is 0 Å². The van der Waals surface area contributed by atoms with E-state index in [1.54, 1.807) is 0 Å². The number of nitrogens with two attached hydrogens (primary N) is 1. The van der Waals surface area contributed by atoms with E-state index < -0.39 is 0 Å². The Balaban J connectivity index is 1.89. The number of carbonyl (C=O) groups is 1. The van der Waals surface area contributed by atoms with Crippen molar-refractivity contribution >= 4 is 6.03 Å². The van der Waals surface area contributed by atoms with Gasteiger partial charge in [-0.05, 0) is 12.3 Å². The van der Waals surface area contributed by atoms with Gasteiger partial charge >= 0.3 is 6.03 Å². The van der Waals surface area contributed by atoms with E-state index in [0.29, 0.717) is 19.1 Å². The van der Waals surface area contributed by atoms with Crippen molar-refractivity contribution in [2.75, 3.05) is 39.4 Å². The molecule has 0 saturated carbocycles. The van der Waals surface area contributed by atoms with Gasteiger partial charge < -0.3 is 20.3 Å². The first-order valence-corrected chi connectivity index (χ1v) is 6.05. The van der Waals surface area contributed by atoms with Gasteiger partial charge in [0.25, 0.3) is 0 Å². The maximum absolute atomic E-state index is 12.2. The molecule has 2 aliphatic heterocycles. The van der Waals surface area contributed by atoms with Gasteiger partial charge in [0.05, 0.1) is 13.2 Å². The summed E-state index contributed by atoms with van der Waals surface area (Å²) >= 11 is 0. The monoisotopic (exact) mass is 227 g/mol. The lowest BCUT2D eigenvalue weighted by atomic mass is 9.95. The Bertz CT molecular complexity index is 254. The highest BCUT2D eigenvalue weighted by atomic mass is 16.5. The number of ether oxygens (including phenoxy) is 1. The van der Waals surface area contributed by atoms with Crippen LogP contribution in [0.4, 0.5) is 4.79 Å². The number of likely N-dealkylation sites (tertiary alicyclic amines) is 1. The van der Waals surface area contributed by atoms with E-state index in [4.69, 9.17) is 10.5 Å². The summed E-state index contributed by atoms with van der Waals surface area (Å²) in [6.45, 7) is 6.46. The predicted molar refractivity (Wildman–Crippen MR) is 61.1 cm³/mol. The fraction of sp³-hybridized carbons (Fsp3) is 0.909. The van der Waals surface area contributed by atoms with Crippen molar-refractivity contribution in [2.24, 2.45) is 11.7 Å². The number of urea groups is 1. The normalized spacial score (nSPS) is 31.6. The van der Waals surface area contributed by atoms with Gasteiger partial charge in [0, 0.05) is 32.2 Å². The number of rotatable bonds is 0. The van der Waals surface area contributed by atoms with E-state index in [1.807, 2.05) is 9.80 Å². The van der Waals surface area contributed by atoms with Crippen molar-refractivity contribution in [2.45, 2.75) is 19.4 Å². The summed E-state index contributed by atoms with van der Waals surface area (Å²) in [6.07, 6.45) is 0.914. The van der Waals surface area contributed by atoms with Crippen LogP contribution in [-0.2, 0) is 4.74 Å². The lowest BCUT2D eigenvalue weighted by Gasteiger charge is -2.39. The highest BCUT2D eigenvalue weighted by Gasteiger charge is 2.29. The van der Waals surface area contributed by atoms with Crippen LogP contribution < -0.4 is 5.73 Å². The molecule has 2 N–H and O–H groups in total. The zero-order chi connectivity index (χ0) is 11.5. The highest BCUT2D eigenvalue weighted by Crippen LogP contribution is 2.16. The summed E-state index contributed by atoms with van der Waals surface area (Å²) in [4.78, 5) is 16.0. The van der Waals surface area contributed by atoms with Crippen LogP contribution in [0.5, 0.6) is 0 Å². The summed E-state index contributed by atoms with van der Waals surface area (Å²) < 4.78 is 5.24.